The van der Waals surface area contributed by atoms with Gasteiger partial charge in [-0.25, -0.2) is 0 Å². The highest BCUT2D eigenvalue weighted by atomic mass is 16.1. The van der Waals surface area contributed by atoms with Crippen LogP contribution in [0.15, 0.2) is 36.7 Å². The highest BCUT2D eigenvalue weighted by Gasteiger charge is 2.12. The van der Waals surface area contributed by atoms with Crippen LogP contribution in [0.5, 0.6) is 0 Å². The third-order valence-corrected chi connectivity index (χ3v) is 3.28. The molecule has 0 aliphatic heterocycles. The number of carbonyl (C=O) groups excluding carboxylic acids is 1. The fourth-order valence-electron chi connectivity index (χ4n) is 2.09. The van der Waals surface area contributed by atoms with Crippen molar-refractivity contribution in [2.75, 3.05) is 10.6 Å². The van der Waals surface area contributed by atoms with Crippen LogP contribution >= 0.6 is 0 Å². The van der Waals surface area contributed by atoms with E-state index in [-0.39, 0.29) is 11.4 Å². The Kier molecular flexibility index (Phi) is 4.50. The summed E-state index contributed by atoms with van der Waals surface area (Å²) in [6.07, 6.45) is 3.29. The summed E-state index contributed by atoms with van der Waals surface area (Å²) < 4.78 is 0. The molecule has 2 aromatic rings. The fourth-order valence-corrected chi connectivity index (χ4v) is 2.09. The Morgan fingerprint density at radius 2 is 1.73 bits per heavy atom. The fraction of sp³-hybridized carbons (Fsp3) is 0.333. The summed E-state index contributed by atoms with van der Waals surface area (Å²) in [5.41, 5.74) is 4.44. The first-order valence-corrected chi connectivity index (χ1v) is 7.36. The highest BCUT2D eigenvalue weighted by molar-refractivity contribution is 6.04. The Morgan fingerprint density at radius 3 is 2.36 bits per heavy atom. The van der Waals surface area contributed by atoms with Crippen LogP contribution in [-0.2, 0) is 0 Å². The van der Waals surface area contributed by atoms with Gasteiger partial charge in [0.15, 0.2) is 0 Å². The molecule has 0 saturated heterocycles. The summed E-state index contributed by atoms with van der Waals surface area (Å²) in [6.45, 7) is 10.3. The second-order valence-electron chi connectivity index (χ2n) is 6.59. The quantitative estimate of drug-likeness (QED) is 0.894. The number of hydrogen-bond acceptors (Lipinski definition) is 3. The van der Waals surface area contributed by atoms with Crippen LogP contribution in [0, 0.1) is 13.8 Å². The van der Waals surface area contributed by atoms with Crippen molar-refractivity contribution in [3.63, 3.8) is 0 Å². The van der Waals surface area contributed by atoms with Gasteiger partial charge in [-0.3, -0.25) is 9.78 Å². The van der Waals surface area contributed by atoms with Gasteiger partial charge in [-0.15, -0.1) is 0 Å². The van der Waals surface area contributed by atoms with Crippen LogP contribution in [-0.4, -0.2) is 16.4 Å². The minimum absolute atomic E-state index is 0.0785. The standard InChI is InChI=1S/C18H23N3O/c1-12-6-7-15(8-13(12)2)20-17(22)14-9-16(11-19-10-14)21-18(3,4)5/h6-11,21H,1-5H3,(H,20,22). The van der Waals surface area contributed by atoms with E-state index in [2.05, 4.69) is 36.4 Å². The van der Waals surface area contributed by atoms with Crippen molar-refractivity contribution in [2.24, 2.45) is 0 Å². The van der Waals surface area contributed by atoms with Crippen molar-refractivity contribution in [3.8, 4) is 0 Å². The molecule has 2 N–H and O–H groups in total. The van der Waals surface area contributed by atoms with E-state index in [1.807, 2.05) is 38.1 Å². The molecule has 0 radical (unpaired) electrons. The SMILES string of the molecule is Cc1ccc(NC(=O)c2cncc(NC(C)(C)C)c2)cc1C. The molecule has 4 nitrogen and oxygen atoms in total. The second kappa shape index (κ2) is 6.18. The van der Waals surface area contributed by atoms with Crippen LogP contribution in [0.2, 0.25) is 0 Å². The zero-order chi connectivity index (χ0) is 16.3. The lowest BCUT2D eigenvalue weighted by atomic mass is 10.1. The van der Waals surface area contributed by atoms with Crippen LogP contribution in [0.3, 0.4) is 0 Å². The van der Waals surface area contributed by atoms with Crippen LogP contribution in [0.25, 0.3) is 0 Å². The van der Waals surface area contributed by atoms with Gasteiger partial charge in [0.05, 0.1) is 11.3 Å². The van der Waals surface area contributed by atoms with Gasteiger partial charge < -0.3 is 10.6 Å². The molecule has 1 heterocycles. The molecular weight excluding hydrogens is 274 g/mol. The zero-order valence-corrected chi connectivity index (χ0v) is 13.8. The molecule has 0 unspecified atom stereocenters. The predicted molar refractivity (Wildman–Crippen MR) is 91.5 cm³/mol. The molecule has 0 saturated carbocycles. The summed E-state index contributed by atoms with van der Waals surface area (Å²) in [7, 11) is 0. The number of anilines is 2. The van der Waals surface area contributed by atoms with Crippen LogP contribution < -0.4 is 10.6 Å². The predicted octanol–water partition coefficient (Wildman–Crippen LogP) is 4.16. The zero-order valence-electron chi connectivity index (χ0n) is 13.8. The second-order valence-corrected chi connectivity index (χ2v) is 6.59. The monoisotopic (exact) mass is 297 g/mol. The van der Waals surface area contributed by atoms with Crippen molar-refractivity contribution in [1.82, 2.24) is 4.98 Å². The Hall–Kier alpha value is -2.36. The summed E-state index contributed by atoms with van der Waals surface area (Å²) in [6, 6.07) is 7.69. The molecule has 0 spiro atoms. The molecular formula is C18H23N3O. The number of amides is 1. The van der Waals surface area contributed by atoms with Gasteiger partial charge in [-0.2, -0.15) is 0 Å². The molecule has 4 heteroatoms. The van der Waals surface area contributed by atoms with Gasteiger partial charge in [0.2, 0.25) is 0 Å². The summed E-state index contributed by atoms with van der Waals surface area (Å²) in [5, 5.41) is 6.22. The van der Waals surface area contributed by atoms with Crippen molar-refractivity contribution >= 4 is 17.3 Å². The number of aromatic nitrogens is 1. The average molecular weight is 297 g/mol. The largest absolute Gasteiger partial charge is 0.379 e. The molecule has 22 heavy (non-hydrogen) atoms. The summed E-state index contributed by atoms with van der Waals surface area (Å²) in [4.78, 5) is 16.5. The van der Waals surface area contributed by atoms with Crippen molar-refractivity contribution < 1.29 is 4.79 Å². The van der Waals surface area contributed by atoms with Crippen molar-refractivity contribution in [1.29, 1.82) is 0 Å². The summed E-state index contributed by atoms with van der Waals surface area (Å²) >= 11 is 0. The van der Waals surface area contributed by atoms with E-state index in [9.17, 15) is 4.79 Å². The van der Waals surface area contributed by atoms with E-state index >= 15 is 0 Å². The Labute approximate surface area is 132 Å². The van der Waals surface area contributed by atoms with E-state index in [1.54, 1.807) is 12.4 Å². The van der Waals surface area contributed by atoms with Gasteiger partial charge >= 0.3 is 0 Å². The molecule has 1 aromatic carbocycles. The molecule has 0 aliphatic rings. The number of nitrogens with zero attached hydrogens (tertiary/aromatic N) is 1. The lowest BCUT2D eigenvalue weighted by Crippen LogP contribution is -2.26. The molecule has 1 amide bonds. The van der Waals surface area contributed by atoms with Gasteiger partial charge in [-0.1, -0.05) is 6.07 Å². The summed E-state index contributed by atoms with van der Waals surface area (Å²) in [5.74, 6) is -0.159. The maximum atomic E-state index is 12.3. The molecule has 2 rings (SSSR count). The topological polar surface area (TPSA) is 54.0 Å². The van der Waals surface area contributed by atoms with E-state index in [0.717, 1.165) is 16.9 Å². The first-order valence-electron chi connectivity index (χ1n) is 7.36. The molecule has 0 fully saturated rings. The lowest BCUT2D eigenvalue weighted by molar-refractivity contribution is 0.102. The number of hydrogen-bond donors (Lipinski definition) is 2. The number of carbonyl (C=O) groups is 1. The number of nitrogens with one attached hydrogen (secondary N) is 2. The maximum absolute atomic E-state index is 12.3. The number of rotatable bonds is 3. The molecule has 116 valence electrons. The van der Waals surface area contributed by atoms with Gasteiger partial charge in [0.1, 0.15) is 0 Å². The number of benzene rings is 1. The van der Waals surface area contributed by atoms with Gasteiger partial charge in [0.25, 0.3) is 5.91 Å². The van der Waals surface area contributed by atoms with Gasteiger partial charge in [0, 0.05) is 23.6 Å². The smallest absolute Gasteiger partial charge is 0.257 e. The highest BCUT2D eigenvalue weighted by Crippen LogP contribution is 2.17. The van der Waals surface area contributed by atoms with E-state index < -0.39 is 0 Å². The third-order valence-electron chi connectivity index (χ3n) is 3.28. The van der Waals surface area contributed by atoms with E-state index in [4.69, 9.17) is 0 Å². The molecule has 0 atom stereocenters. The van der Waals surface area contributed by atoms with E-state index in [1.165, 1.54) is 5.56 Å². The first kappa shape index (κ1) is 16.0. The number of pyridine rings is 1. The molecule has 1 aromatic heterocycles. The Morgan fingerprint density at radius 1 is 1.00 bits per heavy atom. The van der Waals surface area contributed by atoms with Gasteiger partial charge in [-0.05, 0) is 63.9 Å². The van der Waals surface area contributed by atoms with Crippen molar-refractivity contribution in [2.45, 2.75) is 40.2 Å². The number of aryl methyl sites for hydroxylation is 2. The van der Waals surface area contributed by atoms with E-state index in [0.29, 0.717) is 5.56 Å². The maximum Gasteiger partial charge on any atom is 0.257 e. The normalized spacial score (nSPS) is 11.1. The molecule has 0 aliphatic carbocycles. The average Bonchev–Trinajstić information content (AvgIpc) is 2.41. The Balaban J connectivity index is 2.15. The third kappa shape index (κ3) is 4.32. The molecule has 0 bridgehead atoms. The first-order chi connectivity index (χ1) is 10.2. The lowest BCUT2D eigenvalue weighted by Gasteiger charge is -2.22. The van der Waals surface area contributed by atoms with Crippen LogP contribution in [0.4, 0.5) is 11.4 Å². The minimum Gasteiger partial charge on any atom is -0.379 e. The minimum atomic E-state index is -0.159. The Bertz CT molecular complexity index is 687. The van der Waals surface area contributed by atoms with Crippen molar-refractivity contribution in [3.05, 3.63) is 53.3 Å². The van der Waals surface area contributed by atoms with Crippen LogP contribution in [0.1, 0.15) is 42.3 Å².